The van der Waals surface area contributed by atoms with Gasteiger partial charge in [-0.2, -0.15) is 0 Å². The zero-order valence-corrected chi connectivity index (χ0v) is 16.9. The summed E-state index contributed by atoms with van der Waals surface area (Å²) in [5, 5.41) is 3.28. The van der Waals surface area contributed by atoms with E-state index in [1.54, 1.807) is 23.1 Å². The Labute approximate surface area is 167 Å². The molecule has 3 rings (SSSR count). The molecule has 154 valence electrons. The molecule has 2 aliphatic rings. The van der Waals surface area contributed by atoms with Crippen molar-refractivity contribution in [2.75, 3.05) is 46.4 Å². The van der Waals surface area contributed by atoms with Crippen LogP contribution in [0.2, 0.25) is 0 Å². The summed E-state index contributed by atoms with van der Waals surface area (Å²) in [6, 6.07) is 5.39. The van der Waals surface area contributed by atoms with Crippen molar-refractivity contribution in [3.8, 4) is 11.5 Å². The van der Waals surface area contributed by atoms with Crippen LogP contribution in [-0.4, -0.2) is 74.1 Å². The van der Waals surface area contributed by atoms with E-state index in [1.807, 2.05) is 18.9 Å². The molecule has 2 amide bonds. The van der Waals surface area contributed by atoms with Crippen molar-refractivity contribution in [2.24, 2.45) is 0 Å². The van der Waals surface area contributed by atoms with Gasteiger partial charge in [-0.1, -0.05) is 0 Å². The van der Waals surface area contributed by atoms with E-state index in [0.29, 0.717) is 23.7 Å². The number of hydrogen-bond donors (Lipinski definition) is 1. The maximum absolute atomic E-state index is 12.8. The van der Waals surface area contributed by atoms with E-state index < -0.39 is 0 Å². The smallest absolute Gasteiger partial charge is 0.260 e. The Hall–Kier alpha value is -2.28. The predicted octanol–water partition coefficient (Wildman–Crippen LogP) is 1.91. The Balaban J connectivity index is 1.66. The van der Waals surface area contributed by atoms with E-state index in [-0.39, 0.29) is 24.5 Å². The van der Waals surface area contributed by atoms with Gasteiger partial charge in [0, 0.05) is 38.3 Å². The minimum atomic E-state index is -0.0365. The van der Waals surface area contributed by atoms with Gasteiger partial charge in [0.2, 0.25) is 0 Å². The van der Waals surface area contributed by atoms with E-state index in [9.17, 15) is 9.59 Å². The molecule has 1 unspecified atom stereocenters. The van der Waals surface area contributed by atoms with Gasteiger partial charge in [0.15, 0.2) is 18.1 Å². The first-order valence-electron chi connectivity index (χ1n) is 10.3. The van der Waals surface area contributed by atoms with Crippen LogP contribution in [0.3, 0.4) is 0 Å². The first kappa shape index (κ1) is 20.5. The highest BCUT2D eigenvalue weighted by atomic mass is 16.5. The highest BCUT2D eigenvalue weighted by molar-refractivity contribution is 5.95. The topological polar surface area (TPSA) is 71.1 Å². The number of nitrogens with zero attached hydrogens (tertiary/aromatic N) is 2. The molecule has 0 spiro atoms. The molecule has 7 heteroatoms. The number of carbonyl (C=O) groups excluding carboxylic acids is 2. The van der Waals surface area contributed by atoms with Crippen LogP contribution >= 0.6 is 0 Å². The highest BCUT2D eigenvalue weighted by Crippen LogP contribution is 2.29. The molecule has 0 aromatic heterocycles. The van der Waals surface area contributed by atoms with Crippen LogP contribution in [-0.2, 0) is 4.79 Å². The fraction of sp³-hybridized carbons (Fsp3) is 0.619. The molecule has 0 aliphatic carbocycles. The maximum atomic E-state index is 12.8. The predicted molar refractivity (Wildman–Crippen MR) is 107 cm³/mol. The molecule has 0 saturated carbocycles. The third-order valence-electron chi connectivity index (χ3n) is 5.45. The number of likely N-dealkylation sites (tertiary alicyclic amines) is 1. The van der Waals surface area contributed by atoms with Crippen molar-refractivity contribution in [1.29, 1.82) is 0 Å². The first-order chi connectivity index (χ1) is 13.6. The number of nitrogens with one attached hydrogen (secondary N) is 1. The Bertz CT molecular complexity index is 682. The van der Waals surface area contributed by atoms with Crippen molar-refractivity contribution in [1.82, 2.24) is 15.1 Å². The lowest BCUT2D eigenvalue weighted by Crippen LogP contribution is -2.38. The summed E-state index contributed by atoms with van der Waals surface area (Å²) in [7, 11) is 1.84. The molecule has 1 aromatic carbocycles. The van der Waals surface area contributed by atoms with Crippen LogP contribution in [0.25, 0.3) is 0 Å². The minimum absolute atomic E-state index is 0.00392. The Kier molecular flexibility index (Phi) is 7.14. The van der Waals surface area contributed by atoms with Gasteiger partial charge in [-0.05, 0) is 57.4 Å². The summed E-state index contributed by atoms with van der Waals surface area (Å²) in [4.78, 5) is 28.8. The van der Waals surface area contributed by atoms with Crippen molar-refractivity contribution in [3.05, 3.63) is 23.8 Å². The third-order valence-corrected chi connectivity index (χ3v) is 5.45. The van der Waals surface area contributed by atoms with Gasteiger partial charge >= 0.3 is 0 Å². The Morgan fingerprint density at radius 1 is 1.18 bits per heavy atom. The average Bonchev–Trinajstić information content (AvgIpc) is 3.27. The average molecular weight is 389 g/mol. The normalized spacial score (nSPS) is 19.4. The monoisotopic (exact) mass is 389 g/mol. The van der Waals surface area contributed by atoms with Gasteiger partial charge in [0.05, 0.1) is 6.61 Å². The zero-order chi connectivity index (χ0) is 19.9. The summed E-state index contributed by atoms with van der Waals surface area (Å²) in [6.07, 6.45) is 4.24. The number of amides is 2. The number of hydrogen-bond acceptors (Lipinski definition) is 5. The first-order valence-corrected chi connectivity index (χ1v) is 10.3. The molecule has 2 heterocycles. The van der Waals surface area contributed by atoms with Gasteiger partial charge in [0.1, 0.15) is 0 Å². The van der Waals surface area contributed by atoms with Crippen LogP contribution in [0.15, 0.2) is 18.2 Å². The number of piperidine rings is 1. The second kappa shape index (κ2) is 9.78. The Morgan fingerprint density at radius 3 is 2.64 bits per heavy atom. The third kappa shape index (κ3) is 4.95. The summed E-state index contributed by atoms with van der Waals surface area (Å²) in [5.74, 6) is 0.952. The van der Waals surface area contributed by atoms with E-state index in [2.05, 4.69) is 5.32 Å². The number of benzene rings is 1. The molecule has 2 fully saturated rings. The quantitative estimate of drug-likeness (QED) is 0.771. The lowest BCUT2D eigenvalue weighted by Gasteiger charge is -2.27. The van der Waals surface area contributed by atoms with E-state index in [1.165, 1.54) is 6.42 Å². The van der Waals surface area contributed by atoms with Crippen molar-refractivity contribution in [3.63, 3.8) is 0 Å². The van der Waals surface area contributed by atoms with E-state index in [0.717, 1.165) is 45.4 Å². The van der Waals surface area contributed by atoms with Gasteiger partial charge in [-0.25, -0.2) is 0 Å². The fourth-order valence-corrected chi connectivity index (χ4v) is 3.74. The molecular weight excluding hydrogens is 358 g/mol. The molecule has 7 nitrogen and oxygen atoms in total. The number of ether oxygens (including phenoxy) is 2. The molecule has 2 aliphatic heterocycles. The largest absolute Gasteiger partial charge is 0.490 e. The molecule has 1 N–H and O–H groups in total. The molecule has 28 heavy (non-hydrogen) atoms. The van der Waals surface area contributed by atoms with Crippen LogP contribution in [0, 0.1) is 0 Å². The minimum Gasteiger partial charge on any atom is -0.490 e. The molecular formula is C21H31N3O4. The lowest BCUT2D eigenvalue weighted by molar-refractivity contribution is -0.134. The molecule has 1 aromatic rings. The van der Waals surface area contributed by atoms with Gasteiger partial charge < -0.3 is 24.6 Å². The number of rotatable bonds is 7. The zero-order valence-electron chi connectivity index (χ0n) is 16.9. The standard InChI is InChI=1S/C21H31N3O4/c1-3-27-19-13-16(21(26)23(2)17-9-10-22-14-17)7-8-18(19)28-15-20(25)24-11-5-4-6-12-24/h7-8,13,17,22H,3-6,9-12,14-15H2,1-2H3. The second-order valence-corrected chi connectivity index (χ2v) is 7.39. The molecule has 0 radical (unpaired) electrons. The Morgan fingerprint density at radius 2 is 1.96 bits per heavy atom. The SMILES string of the molecule is CCOc1cc(C(=O)N(C)C2CCNC2)ccc1OCC(=O)N1CCCCC1. The van der Waals surface area contributed by atoms with Gasteiger partial charge in [-0.3, -0.25) is 9.59 Å². The number of carbonyl (C=O) groups is 2. The molecule has 1 atom stereocenters. The summed E-state index contributed by atoms with van der Waals surface area (Å²) < 4.78 is 11.4. The fourth-order valence-electron chi connectivity index (χ4n) is 3.74. The summed E-state index contributed by atoms with van der Waals surface area (Å²) in [6.45, 7) is 5.68. The van der Waals surface area contributed by atoms with Gasteiger partial charge in [0.25, 0.3) is 11.8 Å². The van der Waals surface area contributed by atoms with Crippen molar-refractivity contribution >= 4 is 11.8 Å². The second-order valence-electron chi connectivity index (χ2n) is 7.39. The molecule has 2 saturated heterocycles. The maximum Gasteiger partial charge on any atom is 0.260 e. The summed E-state index contributed by atoms with van der Waals surface area (Å²) >= 11 is 0. The lowest BCUT2D eigenvalue weighted by atomic mass is 10.1. The van der Waals surface area contributed by atoms with Crippen LogP contribution in [0.1, 0.15) is 43.0 Å². The highest BCUT2D eigenvalue weighted by Gasteiger charge is 2.25. The van der Waals surface area contributed by atoms with Gasteiger partial charge in [-0.15, -0.1) is 0 Å². The van der Waals surface area contributed by atoms with Crippen LogP contribution < -0.4 is 14.8 Å². The van der Waals surface area contributed by atoms with E-state index in [4.69, 9.17) is 9.47 Å². The van der Waals surface area contributed by atoms with Crippen LogP contribution in [0.5, 0.6) is 11.5 Å². The van der Waals surface area contributed by atoms with Crippen molar-refractivity contribution < 1.29 is 19.1 Å². The summed E-state index contributed by atoms with van der Waals surface area (Å²) in [5.41, 5.74) is 0.563. The van der Waals surface area contributed by atoms with Crippen LogP contribution in [0.4, 0.5) is 0 Å². The molecule has 0 bridgehead atoms. The van der Waals surface area contributed by atoms with E-state index >= 15 is 0 Å². The number of likely N-dealkylation sites (N-methyl/N-ethyl adjacent to an activating group) is 1. The van der Waals surface area contributed by atoms with Crippen molar-refractivity contribution in [2.45, 2.75) is 38.6 Å².